The number of aromatic nitrogens is 2. The molecule has 26 heavy (non-hydrogen) atoms. The summed E-state index contributed by atoms with van der Waals surface area (Å²) in [5.41, 5.74) is 4.53. The molecule has 5 nitrogen and oxygen atoms in total. The van der Waals surface area contributed by atoms with Gasteiger partial charge in [0.25, 0.3) is 5.91 Å². The van der Waals surface area contributed by atoms with Gasteiger partial charge in [-0.25, -0.2) is 9.97 Å². The highest BCUT2D eigenvalue weighted by Gasteiger charge is 2.27. The van der Waals surface area contributed by atoms with Crippen LogP contribution in [0.3, 0.4) is 0 Å². The first-order valence-corrected chi connectivity index (χ1v) is 9.49. The lowest BCUT2D eigenvalue weighted by Crippen LogP contribution is -2.43. The van der Waals surface area contributed by atoms with Crippen molar-refractivity contribution in [2.75, 3.05) is 11.9 Å². The highest BCUT2D eigenvalue weighted by Crippen LogP contribution is 2.23. The molecule has 0 bridgehead atoms. The molecule has 1 atom stereocenters. The molecule has 1 N–H and O–H groups in total. The summed E-state index contributed by atoms with van der Waals surface area (Å²) in [5, 5.41) is 3.28. The first-order valence-electron chi connectivity index (χ1n) is 9.49. The van der Waals surface area contributed by atoms with Crippen molar-refractivity contribution in [1.82, 2.24) is 14.9 Å². The number of hydrogen-bond acceptors (Lipinski definition) is 4. The molecule has 1 aliphatic heterocycles. The van der Waals surface area contributed by atoms with Crippen LogP contribution in [0.15, 0.2) is 24.3 Å². The summed E-state index contributed by atoms with van der Waals surface area (Å²) in [6.45, 7) is 8.97. The van der Waals surface area contributed by atoms with Gasteiger partial charge in [-0.3, -0.25) is 4.79 Å². The minimum Gasteiger partial charge on any atom is -0.334 e. The zero-order chi connectivity index (χ0) is 18.7. The van der Waals surface area contributed by atoms with E-state index >= 15 is 0 Å². The largest absolute Gasteiger partial charge is 0.334 e. The van der Waals surface area contributed by atoms with Gasteiger partial charge in [0.05, 0.1) is 0 Å². The van der Waals surface area contributed by atoms with Gasteiger partial charge in [-0.15, -0.1) is 0 Å². The van der Waals surface area contributed by atoms with Gasteiger partial charge in [0.2, 0.25) is 5.95 Å². The van der Waals surface area contributed by atoms with E-state index in [0.717, 1.165) is 42.8 Å². The Bertz CT molecular complexity index is 803. The second-order valence-electron chi connectivity index (χ2n) is 7.22. The van der Waals surface area contributed by atoms with Crippen LogP contribution in [0.1, 0.15) is 59.9 Å². The van der Waals surface area contributed by atoms with E-state index in [0.29, 0.717) is 17.7 Å². The number of likely N-dealkylation sites (tertiary alicyclic amines) is 1. The van der Waals surface area contributed by atoms with Crippen LogP contribution in [0.4, 0.5) is 11.6 Å². The van der Waals surface area contributed by atoms with Gasteiger partial charge >= 0.3 is 0 Å². The van der Waals surface area contributed by atoms with E-state index in [9.17, 15) is 4.79 Å². The van der Waals surface area contributed by atoms with Gasteiger partial charge in [-0.2, -0.15) is 0 Å². The fourth-order valence-corrected chi connectivity index (χ4v) is 3.56. The van der Waals surface area contributed by atoms with Crippen molar-refractivity contribution in [3.8, 4) is 0 Å². The van der Waals surface area contributed by atoms with E-state index in [1.165, 1.54) is 12.0 Å². The zero-order valence-electron chi connectivity index (χ0n) is 16.2. The number of rotatable bonds is 4. The Hall–Kier alpha value is -2.43. The van der Waals surface area contributed by atoms with Gasteiger partial charge in [-0.1, -0.05) is 19.1 Å². The molecule has 2 aromatic rings. The number of carbonyl (C=O) groups excluding carboxylic acids is 1. The van der Waals surface area contributed by atoms with Crippen molar-refractivity contribution in [3.05, 3.63) is 46.8 Å². The molecule has 3 rings (SSSR count). The highest BCUT2D eigenvalue weighted by atomic mass is 16.2. The summed E-state index contributed by atoms with van der Waals surface area (Å²) in [6.07, 6.45) is 4.34. The molecule has 2 heterocycles. The Morgan fingerprint density at radius 2 is 2.00 bits per heavy atom. The van der Waals surface area contributed by atoms with E-state index in [1.807, 2.05) is 18.7 Å². The smallest absolute Gasteiger partial charge is 0.272 e. The lowest BCUT2D eigenvalue weighted by atomic mass is 9.99. The van der Waals surface area contributed by atoms with E-state index < -0.39 is 0 Å². The maximum atomic E-state index is 13.1. The summed E-state index contributed by atoms with van der Waals surface area (Å²) < 4.78 is 0. The number of amides is 1. The molecule has 1 fully saturated rings. The van der Waals surface area contributed by atoms with Gasteiger partial charge in [0, 0.05) is 24.0 Å². The third kappa shape index (κ3) is 4.03. The average Bonchev–Trinajstić information content (AvgIpc) is 2.63. The minimum atomic E-state index is 0.0195. The predicted octanol–water partition coefficient (Wildman–Crippen LogP) is 4.55. The van der Waals surface area contributed by atoms with Crippen LogP contribution in [-0.2, 0) is 0 Å². The SMILES string of the molecule is CCC1CCCCN1C(=O)c1cc(C)nc(Nc2cc(C)ccc2C)n1. The first-order chi connectivity index (χ1) is 12.5. The number of aryl methyl sites for hydroxylation is 3. The van der Waals surface area contributed by atoms with Crippen molar-refractivity contribution in [3.63, 3.8) is 0 Å². The first kappa shape index (κ1) is 18.4. The van der Waals surface area contributed by atoms with Crippen molar-refractivity contribution in [2.45, 2.75) is 59.4 Å². The standard InChI is InChI=1S/C21H28N4O/c1-5-17-8-6-7-11-25(17)20(26)19-13-16(4)22-21(24-19)23-18-12-14(2)9-10-15(18)3/h9-10,12-13,17H,5-8,11H2,1-4H3,(H,22,23,24). The molecule has 1 amide bonds. The average molecular weight is 352 g/mol. The van der Waals surface area contributed by atoms with Gasteiger partial charge < -0.3 is 10.2 Å². The van der Waals surface area contributed by atoms with Gasteiger partial charge in [0.15, 0.2) is 0 Å². The normalized spacial score (nSPS) is 17.2. The topological polar surface area (TPSA) is 58.1 Å². The molecule has 138 valence electrons. The Morgan fingerprint density at radius 3 is 2.77 bits per heavy atom. The quantitative estimate of drug-likeness (QED) is 0.877. The molecule has 0 radical (unpaired) electrons. The maximum Gasteiger partial charge on any atom is 0.272 e. The summed E-state index contributed by atoms with van der Waals surface area (Å²) >= 11 is 0. The minimum absolute atomic E-state index is 0.0195. The van der Waals surface area contributed by atoms with Crippen LogP contribution in [0.2, 0.25) is 0 Å². The number of benzene rings is 1. The van der Waals surface area contributed by atoms with E-state index in [-0.39, 0.29) is 5.91 Å². The number of anilines is 2. The van der Waals surface area contributed by atoms with E-state index in [2.05, 4.69) is 47.3 Å². The Kier molecular flexibility index (Phi) is 5.55. The number of piperidine rings is 1. The second kappa shape index (κ2) is 7.85. The van der Waals surface area contributed by atoms with E-state index in [1.54, 1.807) is 6.07 Å². The molecule has 0 saturated carbocycles. The molecule has 0 spiro atoms. The number of carbonyl (C=O) groups is 1. The number of nitrogens with zero attached hydrogens (tertiary/aromatic N) is 3. The van der Waals surface area contributed by atoms with Crippen molar-refractivity contribution < 1.29 is 4.79 Å². The second-order valence-corrected chi connectivity index (χ2v) is 7.22. The van der Waals surface area contributed by atoms with Crippen LogP contribution < -0.4 is 5.32 Å². The van der Waals surface area contributed by atoms with Crippen LogP contribution in [0, 0.1) is 20.8 Å². The predicted molar refractivity (Wildman–Crippen MR) is 105 cm³/mol. The molecule has 1 aromatic carbocycles. The molecule has 0 aliphatic carbocycles. The Balaban J connectivity index is 1.87. The van der Waals surface area contributed by atoms with Crippen LogP contribution in [0.25, 0.3) is 0 Å². The molecular formula is C21H28N4O. The molecule has 1 aromatic heterocycles. The van der Waals surface area contributed by atoms with Crippen LogP contribution in [0.5, 0.6) is 0 Å². The molecule has 1 saturated heterocycles. The van der Waals surface area contributed by atoms with Crippen molar-refractivity contribution in [1.29, 1.82) is 0 Å². The lowest BCUT2D eigenvalue weighted by molar-refractivity contribution is 0.0602. The monoisotopic (exact) mass is 352 g/mol. The molecule has 1 unspecified atom stereocenters. The molecule has 5 heteroatoms. The fourth-order valence-electron chi connectivity index (χ4n) is 3.56. The zero-order valence-corrected chi connectivity index (χ0v) is 16.2. The number of nitrogens with one attached hydrogen (secondary N) is 1. The summed E-state index contributed by atoms with van der Waals surface area (Å²) in [4.78, 5) is 24.1. The summed E-state index contributed by atoms with van der Waals surface area (Å²) in [7, 11) is 0. The third-order valence-corrected chi connectivity index (χ3v) is 5.07. The van der Waals surface area contributed by atoms with E-state index in [4.69, 9.17) is 0 Å². The molecule has 1 aliphatic rings. The Morgan fingerprint density at radius 1 is 1.19 bits per heavy atom. The van der Waals surface area contributed by atoms with Gasteiger partial charge in [0.1, 0.15) is 5.69 Å². The fraction of sp³-hybridized carbons (Fsp3) is 0.476. The van der Waals surface area contributed by atoms with Crippen LogP contribution >= 0.6 is 0 Å². The Labute approximate surface area is 155 Å². The summed E-state index contributed by atoms with van der Waals surface area (Å²) in [5.74, 6) is 0.498. The van der Waals surface area contributed by atoms with Gasteiger partial charge in [-0.05, 0) is 69.7 Å². The van der Waals surface area contributed by atoms with Crippen molar-refractivity contribution >= 4 is 17.5 Å². The lowest BCUT2D eigenvalue weighted by Gasteiger charge is -2.35. The highest BCUT2D eigenvalue weighted by molar-refractivity contribution is 5.93. The van der Waals surface area contributed by atoms with Crippen molar-refractivity contribution in [2.24, 2.45) is 0 Å². The van der Waals surface area contributed by atoms with Crippen LogP contribution in [-0.4, -0.2) is 33.4 Å². The summed E-state index contributed by atoms with van der Waals surface area (Å²) in [6, 6.07) is 8.33. The maximum absolute atomic E-state index is 13.1. The number of hydrogen-bond donors (Lipinski definition) is 1. The molecular weight excluding hydrogens is 324 g/mol. The third-order valence-electron chi connectivity index (χ3n) is 5.07.